The van der Waals surface area contributed by atoms with E-state index in [9.17, 15) is 9.59 Å². The summed E-state index contributed by atoms with van der Waals surface area (Å²) in [6.07, 6.45) is 0. The average Bonchev–Trinajstić information content (AvgIpc) is 2.76. The highest BCUT2D eigenvalue weighted by Gasteiger charge is 2.26. The molecule has 0 aliphatic rings. The van der Waals surface area contributed by atoms with E-state index < -0.39 is 6.04 Å². The fourth-order valence-electron chi connectivity index (χ4n) is 2.77. The average molecular weight is 400 g/mol. The Kier molecular flexibility index (Phi) is 8.33. The largest absolute Gasteiger partial charge is 0.497 e. The molecule has 0 heterocycles. The van der Waals surface area contributed by atoms with E-state index in [1.807, 2.05) is 31.2 Å². The lowest BCUT2D eigenvalue weighted by Crippen LogP contribution is -2.49. The van der Waals surface area contributed by atoms with E-state index in [-0.39, 0.29) is 25.0 Å². The highest BCUT2D eigenvalue weighted by molar-refractivity contribution is 5.87. The van der Waals surface area contributed by atoms with Crippen molar-refractivity contribution in [2.75, 3.05) is 27.4 Å². The molecule has 0 bridgehead atoms. The van der Waals surface area contributed by atoms with Gasteiger partial charge in [0.2, 0.25) is 5.91 Å². The van der Waals surface area contributed by atoms with Crippen LogP contribution in [0.4, 0.5) is 0 Å². The normalized spacial score (nSPS) is 11.3. The Hall–Kier alpha value is -3.22. The van der Waals surface area contributed by atoms with E-state index in [0.29, 0.717) is 23.8 Å². The van der Waals surface area contributed by atoms with Crippen LogP contribution in [-0.4, -0.2) is 50.1 Å². The topological polar surface area (TPSA) is 77.1 Å². The van der Waals surface area contributed by atoms with E-state index in [0.717, 1.165) is 5.56 Å². The highest BCUT2D eigenvalue weighted by atomic mass is 16.5. The van der Waals surface area contributed by atoms with E-state index in [1.54, 1.807) is 45.4 Å². The molecule has 0 spiro atoms. The maximum absolute atomic E-state index is 12.9. The maximum atomic E-state index is 12.9. The van der Waals surface area contributed by atoms with Gasteiger partial charge in [-0.25, -0.2) is 0 Å². The number of benzene rings is 2. The number of rotatable bonds is 10. The molecule has 0 radical (unpaired) electrons. The highest BCUT2D eigenvalue weighted by Crippen LogP contribution is 2.19. The first kappa shape index (κ1) is 22.1. The number of nitrogens with one attached hydrogen (secondary N) is 1. The monoisotopic (exact) mass is 400 g/mol. The summed E-state index contributed by atoms with van der Waals surface area (Å²) in [6.45, 7) is 4.12. The molecule has 1 N–H and O–H groups in total. The summed E-state index contributed by atoms with van der Waals surface area (Å²) in [5.41, 5.74) is 0.860. The quantitative estimate of drug-likeness (QED) is 0.663. The molecule has 1 atom stereocenters. The van der Waals surface area contributed by atoms with Crippen molar-refractivity contribution in [1.82, 2.24) is 10.2 Å². The Morgan fingerprint density at radius 1 is 1.00 bits per heavy atom. The Morgan fingerprint density at radius 3 is 2.28 bits per heavy atom. The van der Waals surface area contributed by atoms with Gasteiger partial charge in [-0.2, -0.15) is 0 Å². The summed E-state index contributed by atoms with van der Waals surface area (Å²) in [5.74, 6) is 1.44. The van der Waals surface area contributed by atoms with Gasteiger partial charge in [0.25, 0.3) is 5.91 Å². The number of methoxy groups -OCH3 is 2. The van der Waals surface area contributed by atoms with Gasteiger partial charge in [-0.15, -0.1) is 0 Å². The van der Waals surface area contributed by atoms with Crippen molar-refractivity contribution in [3.05, 3.63) is 54.1 Å². The van der Waals surface area contributed by atoms with Crippen LogP contribution in [-0.2, 0) is 16.1 Å². The lowest BCUT2D eigenvalue weighted by molar-refractivity contribution is -0.142. The Labute approximate surface area is 171 Å². The number of amides is 2. The van der Waals surface area contributed by atoms with E-state index in [1.165, 1.54) is 4.90 Å². The Morgan fingerprint density at radius 2 is 1.66 bits per heavy atom. The van der Waals surface area contributed by atoms with Crippen molar-refractivity contribution in [3.63, 3.8) is 0 Å². The summed E-state index contributed by atoms with van der Waals surface area (Å²) in [5, 5.41) is 2.76. The van der Waals surface area contributed by atoms with Crippen LogP contribution in [0.25, 0.3) is 0 Å². The molecule has 7 nitrogen and oxygen atoms in total. The first-order valence-electron chi connectivity index (χ1n) is 9.45. The number of nitrogens with zero attached hydrogens (tertiary/aromatic N) is 1. The molecule has 7 heteroatoms. The first-order chi connectivity index (χ1) is 14.0. The van der Waals surface area contributed by atoms with Gasteiger partial charge in [0.15, 0.2) is 6.61 Å². The van der Waals surface area contributed by atoms with Crippen LogP contribution in [0.2, 0.25) is 0 Å². The second-order valence-corrected chi connectivity index (χ2v) is 6.41. The van der Waals surface area contributed by atoms with Crippen molar-refractivity contribution in [2.45, 2.75) is 26.4 Å². The van der Waals surface area contributed by atoms with Gasteiger partial charge in [0.05, 0.1) is 14.2 Å². The van der Waals surface area contributed by atoms with Gasteiger partial charge >= 0.3 is 0 Å². The molecule has 156 valence electrons. The van der Waals surface area contributed by atoms with E-state index in [4.69, 9.17) is 14.2 Å². The second-order valence-electron chi connectivity index (χ2n) is 6.41. The van der Waals surface area contributed by atoms with Crippen LogP contribution < -0.4 is 19.5 Å². The van der Waals surface area contributed by atoms with Crippen LogP contribution in [0.5, 0.6) is 17.2 Å². The number of carbonyl (C=O) groups is 2. The molecule has 0 fully saturated rings. The summed E-state index contributed by atoms with van der Waals surface area (Å²) in [7, 11) is 3.17. The van der Waals surface area contributed by atoms with Crippen LogP contribution >= 0.6 is 0 Å². The number of hydrogen-bond acceptors (Lipinski definition) is 5. The molecule has 0 aliphatic carbocycles. The Bertz CT molecular complexity index is 807. The zero-order valence-electron chi connectivity index (χ0n) is 17.3. The predicted molar refractivity (Wildman–Crippen MR) is 110 cm³/mol. The standard InChI is InChI=1S/C22H28N2O5/c1-5-23-22(26)16(2)24(14-17-7-6-8-20(13-17)28-4)21(25)15-29-19-11-9-18(27-3)10-12-19/h6-13,16H,5,14-15H2,1-4H3,(H,23,26)/t16-/m1/s1. The van der Waals surface area contributed by atoms with Crippen molar-refractivity contribution >= 4 is 11.8 Å². The maximum Gasteiger partial charge on any atom is 0.261 e. The van der Waals surface area contributed by atoms with Gasteiger partial charge in [0.1, 0.15) is 23.3 Å². The van der Waals surface area contributed by atoms with Crippen molar-refractivity contribution in [2.24, 2.45) is 0 Å². The molecule has 0 saturated heterocycles. The minimum absolute atomic E-state index is 0.181. The zero-order valence-corrected chi connectivity index (χ0v) is 17.3. The molecule has 29 heavy (non-hydrogen) atoms. The van der Waals surface area contributed by atoms with Crippen molar-refractivity contribution in [1.29, 1.82) is 0 Å². The molecule has 0 saturated carbocycles. The fraction of sp³-hybridized carbons (Fsp3) is 0.364. The summed E-state index contributed by atoms with van der Waals surface area (Å²) >= 11 is 0. The molecular weight excluding hydrogens is 372 g/mol. The van der Waals surface area contributed by atoms with E-state index in [2.05, 4.69) is 5.32 Å². The molecule has 0 aliphatic heterocycles. The van der Waals surface area contributed by atoms with Gasteiger partial charge in [0, 0.05) is 13.1 Å². The molecule has 2 aromatic rings. The number of carbonyl (C=O) groups excluding carboxylic acids is 2. The molecular formula is C22H28N2O5. The lowest BCUT2D eigenvalue weighted by atomic mass is 10.1. The first-order valence-corrected chi connectivity index (χ1v) is 9.45. The molecule has 2 aromatic carbocycles. The van der Waals surface area contributed by atoms with Gasteiger partial charge < -0.3 is 24.4 Å². The fourth-order valence-corrected chi connectivity index (χ4v) is 2.77. The van der Waals surface area contributed by atoms with Gasteiger partial charge in [-0.3, -0.25) is 9.59 Å². The van der Waals surface area contributed by atoms with Crippen LogP contribution in [0.15, 0.2) is 48.5 Å². The third-order valence-electron chi connectivity index (χ3n) is 4.43. The second kappa shape index (κ2) is 10.9. The van der Waals surface area contributed by atoms with E-state index >= 15 is 0 Å². The number of likely N-dealkylation sites (N-methyl/N-ethyl adjacent to an activating group) is 1. The minimum Gasteiger partial charge on any atom is -0.497 e. The molecule has 0 unspecified atom stereocenters. The molecule has 2 rings (SSSR count). The SMILES string of the molecule is CCNC(=O)[C@@H](C)N(Cc1cccc(OC)c1)C(=O)COc1ccc(OC)cc1. The Balaban J connectivity index is 2.13. The van der Waals surface area contributed by atoms with Crippen molar-refractivity contribution in [3.8, 4) is 17.2 Å². The van der Waals surface area contributed by atoms with Crippen LogP contribution in [0.3, 0.4) is 0 Å². The van der Waals surface area contributed by atoms with Crippen molar-refractivity contribution < 1.29 is 23.8 Å². The number of hydrogen-bond donors (Lipinski definition) is 1. The zero-order chi connectivity index (χ0) is 21.2. The third-order valence-corrected chi connectivity index (χ3v) is 4.43. The lowest BCUT2D eigenvalue weighted by Gasteiger charge is -2.28. The van der Waals surface area contributed by atoms with Crippen LogP contribution in [0, 0.1) is 0 Å². The summed E-state index contributed by atoms with van der Waals surface area (Å²) in [4.78, 5) is 26.8. The summed E-state index contributed by atoms with van der Waals surface area (Å²) in [6, 6.07) is 13.7. The van der Waals surface area contributed by atoms with Gasteiger partial charge in [-0.05, 0) is 55.8 Å². The van der Waals surface area contributed by atoms with Crippen LogP contribution in [0.1, 0.15) is 19.4 Å². The minimum atomic E-state index is -0.645. The molecule has 0 aromatic heterocycles. The van der Waals surface area contributed by atoms with Gasteiger partial charge in [-0.1, -0.05) is 12.1 Å². The third kappa shape index (κ3) is 6.41. The smallest absolute Gasteiger partial charge is 0.261 e. The number of ether oxygens (including phenoxy) is 3. The molecule has 2 amide bonds. The summed E-state index contributed by atoms with van der Waals surface area (Å²) < 4.78 is 16.0. The predicted octanol–water partition coefficient (Wildman–Crippen LogP) is 2.64.